The zero-order valence-electron chi connectivity index (χ0n) is 10.5. The van der Waals surface area contributed by atoms with Gasteiger partial charge in [0.1, 0.15) is 16.2 Å². The maximum atomic E-state index is 6.12. The van der Waals surface area contributed by atoms with E-state index in [1.807, 2.05) is 31.2 Å². The van der Waals surface area contributed by atoms with Gasteiger partial charge in [-0.1, -0.05) is 17.7 Å². The summed E-state index contributed by atoms with van der Waals surface area (Å²) in [4.78, 5) is 8.96. The molecule has 0 spiro atoms. The van der Waals surface area contributed by atoms with Crippen LogP contribution in [-0.4, -0.2) is 9.97 Å². The van der Waals surface area contributed by atoms with Gasteiger partial charge in [-0.3, -0.25) is 0 Å². The third kappa shape index (κ3) is 3.07. The third-order valence-electron chi connectivity index (χ3n) is 3.10. The summed E-state index contributed by atoms with van der Waals surface area (Å²) in [5.41, 5.74) is 2.00. The number of anilines is 2. The van der Waals surface area contributed by atoms with Gasteiger partial charge in [0.2, 0.25) is 0 Å². The van der Waals surface area contributed by atoms with Crippen LogP contribution < -0.4 is 5.32 Å². The number of benzene rings is 1. The summed E-state index contributed by atoms with van der Waals surface area (Å²) < 4.78 is 0.810. The molecule has 1 aromatic carbocycles. The van der Waals surface area contributed by atoms with Crippen LogP contribution in [0.4, 0.5) is 11.5 Å². The molecule has 0 bridgehead atoms. The second-order valence-electron chi connectivity index (χ2n) is 4.80. The van der Waals surface area contributed by atoms with E-state index in [-0.39, 0.29) is 0 Å². The smallest absolute Gasteiger partial charge is 0.135 e. The summed E-state index contributed by atoms with van der Waals surface area (Å²) in [6, 6.07) is 7.76. The maximum Gasteiger partial charge on any atom is 0.135 e. The Balaban J connectivity index is 1.87. The lowest BCUT2D eigenvalue weighted by Gasteiger charge is -2.09. The highest BCUT2D eigenvalue weighted by Gasteiger charge is 2.27. The number of aromatic nitrogens is 2. The Hall–Kier alpha value is -1.13. The van der Waals surface area contributed by atoms with E-state index >= 15 is 0 Å². The number of hydrogen-bond donors (Lipinski definition) is 1. The van der Waals surface area contributed by atoms with Crippen LogP contribution >= 0.6 is 27.5 Å². The molecule has 0 saturated heterocycles. The first-order valence-corrected chi connectivity index (χ1v) is 7.36. The van der Waals surface area contributed by atoms with Crippen molar-refractivity contribution in [2.45, 2.75) is 25.7 Å². The molecule has 19 heavy (non-hydrogen) atoms. The van der Waals surface area contributed by atoms with Crippen LogP contribution in [0.15, 0.2) is 28.9 Å². The monoisotopic (exact) mass is 337 g/mol. The highest BCUT2D eigenvalue weighted by atomic mass is 79.9. The molecule has 1 aliphatic rings. The van der Waals surface area contributed by atoms with Gasteiger partial charge in [-0.2, -0.15) is 0 Å². The van der Waals surface area contributed by atoms with E-state index in [0.29, 0.717) is 5.92 Å². The zero-order valence-corrected chi connectivity index (χ0v) is 12.8. The fourth-order valence-electron chi connectivity index (χ4n) is 1.84. The summed E-state index contributed by atoms with van der Waals surface area (Å²) >= 11 is 9.55. The topological polar surface area (TPSA) is 37.8 Å². The van der Waals surface area contributed by atoms with Gasteiger partial charge in [-0.15, -0.1) is 0 Å². The van der Waals surface area contributed by atoms with Gasteiger partial charge in [-0.05, 0) is 53.4 Å². The van der Waals surface area contributed by atoms with E-state index in [1.165, 1.54) is 12.8 Å². The van der Waals surface area contributed by atoms with E-state index in [0.717, 1.165) is 32.5 Å². The van der Waals surface area contributed by atoms with Crippen molar-refractivity contribution in [3.8, 4) is 0 Å². The van der Waals surface area contributed by atoms with Gasteiger partial charge in [0.05, 0.1) is 0 Å². The number of aryl methyl sites for hydroxylation is 1. The van der Waals surface area contributed by atoms with E-state index < -0.39 is 0 Å². The minimum Gasteiger partial charge on any atom is -0.340 e. The summed E-state index contributed by atoms with van der Waals surface area (Å²) in [5, 5.41) is 4.02. The van der Waals surface area contributed by atoms with Crippen LogP contribution in [-0.2, 0) is 0 Å². The zero-order chi connectivity index (χ0) is 13.4. The molecule has 1 aromatic heterocycles. The first kappa shape index (κ1) is 12.9. The van der Waals surface area contributed by atoms with Crippen LogP contribution in [0.3, 0.4) is 0 Å². The number of hydrogen-bond acceptors (Lipinski definition) is 3. The fraction of sp³-hybridized carbons (Fsp3) is 0.286. The van der Waals surface area contributed by atoms with Crippen LogP contribution in [0.5, 0.6) is 0 Å². The van der Waals surface area contributed by atoms with Gasteiger partial charge in [0.25, 0.3) is 0 Å². The van der Waals surface area contributed by atoms with Gasteiger partial charge in [0, 0.05) is 22.7 Å². The van der Waals surface area contributed by atoms with Crippen molar-refractivity contribution in [3.63, 3.8) is 0 Å². The molecule has 98 valence electrons. The molecular formula is C14H13BrClN3. The standard InChI is InChI=1S/C14H13BrClN3/c1-8-2-5-10(6-11(8)16)17-13-7-12(15)18-14(19-13)9-3-4-9/h2,5-7,9H,3-4H2,1H3,(H,17,18,19). The number of nitrogens with one attached hydrogen (secondary N) is 1. The van der Waals surface area contributed by atoms with Crippen LogP contribution in [0, 0.1) is 6.92 Å². The van der Waals surface area contributed by atoms with Crippen LogP contribution in [0.1, 0.15) is 30.1 Å². The Morgan fingerprint density at radius 2 is 2.05 bits per heavy atom. The molecule has 5 heteroatoms. The minimum absolute atomic E-state index is 0.527. The van der Waals surface area contributed by atoms with E-state index in [1.54, 1.807) is 0 Å². The van der Waals surface area contributed by atoms with Crippen LogP contribution in [0.25, 0.3) is 0 Å². The molecule has 1 aliphatic carbocycles. The summed E-state index contributed by atoms with van der Waals surface area (Å²) in [5.74, 6) is 2.23. The van der Waals surface area contributed by atoms with Crippen molar-refractivity contribution in [1.29, 1.82) is 0 Å². The SMILES string of the molecule is Cc1ccc(Nc2cc(Br)nc(C3CC3)n2)cc1Cl. The molecule has 3 nitrogen and oxygen atoms in total. The molecular weight excluding hydrogens is 326 g/mol. The largest absolute Gasteiger partial charge is 0.340 e. The van der Waals surface area contributed by atoms with Crippen molar-refractivity contribution in [2.24, 2.45) is 0 Å². The predicted molar refractivity (Wildman–Crippen MR) is 81.2 cm³/mol. The Kier molecular flexibility index (Phi) is 3.46. The van der Waals surface area contributed by atoms with Crippen molar-refractivity contribution in [3.05, 3.63) is 45.3 Å². The highest BCUT2D eigenvalue weighted by Crippen LogP contribution is 2.39. The summed E-state index contributed by atoms with van der Waals surface area (Å²) in [6.45, 7) is 1.98. The van der Waals surface area contributed by atoms with Gasteiger partial charge in [-0.25, -0.2) is 9.97 Å². The second kappa shape index (κ2) is 5.10. The maximum absolute atomic E-state index is 6.12. The van der Waals surface area contributed by atoms with E-state index in [2.05, 4.69) is 31.2 Å². The van der Waals surface area contributed by atoms with Gasteiger partial charge < -0.3 is 5.32 Å². The normalized spacial score (nSPS) is 14.5. The van der Waals surface area contributed by atoms with Crippen molar-refractivity contribution in [1.82, 2.24) is 9.97 Å². The number of rotatable bonds is 3. The molecule has 0 radical (unpaired) electrons. The first-order chi connectivity index (χ1) is 9.11. The molecule has 0 aliphatic heterocycles. The van der Waals surface area contributed by atoms with Crippen molar-refractivity contribution < 1.29 is 0 Å². The molecule has 3 rings (SSSR count). The van der Waals surface area contributed by atoms with Crippen molar-refractivity contribution in [2.75, 3.05) is 5.32 Å². The highest BCUT2D eigenvalue weighted by molar-refractivity contribution is 9.10. The lowest BCUT2D eigenvalue weighted by Crippen LogP contribution is -1.99. The average molecular weight is 339 g/mol. The predicted octanol–water partition coefficient (Wildman–Crippen LogP) is 4.82. The molecule has 1 heterocycles. The summed E-state index contributed by atoms with van der Waals surface area (Å²) in [7, 11) is 0. The Morgan fingerprint density at radius 3 is 2.74 bits per heavy atom. The lowest BCUT2D eigenvalue weighted by atomic mass is 10.2. The quantitative estimate of drug-likeness (QED) is 0.815. The molecule has 0 amide bonds. The first-order valence-electron chi connectivity index (χ1n) is 6.19. The summed E-state index contributed by atoms with van der Waals surface area (Å²) in [6.07, 6.45) is 2.37. The second-order valence-corrected chi connectivity index (χ2v) is 6.02. The molecule has 1 saturated carbocycles. The Labute approximate surface area is 125 Å². The van der Waals surface area contributed by atoms with Crippen molar-refractivity contribution >= 4 is 39.0 Å². The third-order valence-corrected chi connectivity index (χ3v) is 3.91. The molecule has 1 fully saturated rings. The van der Waals surface area contributed by atoms with Gasteiger partial charge in [0.15, 0.2) is 0 Å². The molecule has 0 atom stereocenters. The number of halogens is 2. The van der Waals surface area contributed by atoms with Crippen LogP contribution in [0.2, 0.25) is 5.02 Å². The van der Waals surface area contributed by atoms with Gasteiger partial charge >= 0.3 is 0 Å². The Morgan fingerprint density at radius 1 is 1.26 bits per heavy atom. The fourth-order valence-corrected chi connectivity index (χ4v) is 2.42. The lowest BCUT2D eigenvalue weighted by molar-refractivity contribution is 0.919. The Bertz CT molecular complexity index is 626. The molecule has 0 unspecified atom stereocenters. The van der Waals surface area contributed by atoms with E-state index in [9.17, 15) is 0 Å². The van der Waals surface area contributed by atoms with E-state index in [4.69, 9.17) is 11.6 Å². The average Bonchev–Trinajstić information content (AvgIpc) is 3.17. The molecule has 2 aromatic rings. The number of nitrogens with zero attached hydrogens (tertiary/aromatic N) is 2. The minimum atomic E-state index is 0.527. The molecule has 1 N–H and O–H groups in total.